The molecule has 1 unspecified atom stereocenters. The molecule has 0 aromatic heterocycles. The van der Waals surface area contributed by atoms with Gasteiger partial charge >= 0.3 is 0 Å². The quantitative estimate of drug-likeness (QED) is 0.605. The molecule has 2 N–H and O–H groups in total. The van der Waals surface area contributed by atoms with Crippen molar-refractivity contribution < 1.29 is 0 Å². The molecule has 0 aromatic rings. The average molecular weight is 146 g/mol. The lowest BCUT2D eigenvalue weighted by molar-refractivity contribution is 0.781. The van der Waals surface area contributed by atoms with Gasteiger partial charge in [0.2, 0.25) is 0 Å². The predicted octanol–water partition coefficient (Wildman–Crippen LogP) is 2.03. The summed E-state index contributed by atoms with van der Waals surface area (Å²) >= 11 is 5.60. The zero-order valence-corrected chi connectivity index (χ0v) is 6.36. The fourth-order valence-electron chi connectivity index (χ4n) is 0.390. The van der Waals surface area contributed by atoms with Crippen molar-refractivity contribution in [2.45, 2.75) is 19.4 Å². The Bertz CT molecular complexity index is 118. The zero-order valence-electron chi connectivity index (χ0n) is 5.60. The third kappa shape index (κ3) is 4.25. The molecule has 1 nitrogen and oxygen atoms in total. The minimum Gasteiger partial charge on any atom is -0.324 e. The van der Waals surface area contributed by atoms with Crippen LogP contribution in [0.15, 0.2) is 23.8 Å². The number of hydrogen-bond acceptors (Lipinski definition) is 1. The standard InChI is InChI=1S/C7H12ClN/c1-3-6(8)5-7(9)4-2/h3,5,7H,1,4,9H2,2H3/b6-5+. The largest absolute Gasteiger partial charge is 0.324 e. The Morgan fingerprint density at radius 3 is 2.78 bits per heavy atom. The second-order valence-electron chi connectivity index (χ2n) is 1.83. The molecule has 9 heavy (non-hydrogen) atoms. The molecule has 0 aliphatic heterocycles. The minimum atomic E-state index is 0.0653. The van der Waals surface area contributed by atoms with Gasteiger partial charge in [0.25, 0.3) is 0 Å². The lowest BCUT2D eigenvalue weighted by Gasteiger charge is -1.99. The topological polar surface area (TPSA) is 26.0 Å². The van der Waals surface area contributed by atoms with Crippen LogP contribution in [0.2, 0.25) is 0 Å². The third-order valence-corrected chi connectivity index (χ3v) is 1.32. The molecule has 52 valence electrons. The summed E-state index contributed by atoms with van der Waals surface area (Å²) < 4.78 is 0. The van der Waals surface area contributed by atoms with E-state index in [4.69, 9.17) is 17.3 Å². The maximum atomic E-state index is 5.60. The summed E-state index contributed by atoms with van der Waals surface area (Å²) in [5.41, 5.74) is 5.54. The van der Waals surface area contributed by atoms with E-state index in [0.29, 0.717) is 5.03 Å². The highest BCUT2D eigenvalue weighted by Crippen LogP contribution is 2.03. The van der Waals surface area contributed by atoms with Crippen LogP contribution < -0.4 is 5.73 Å². The monoisotopic (exact) mass is 145 g/mol. The Morgan fingerprint density at radius 2 is 2.44 bits per heavy atom. The van der Waals surface area contributed by atoms with Crippen LogP contribution in [0, 0.1) is 0 Å². The third-order valence-electron chi connectivity index (χ3n) is 1.04. The Hall–Kier alpha value is -0.270. The Labute approximate surface area is 61.2 Å². The molecule has 0 saturated heterocycles. The molecule has 0 saturated carbocycles. The summed E-state index contributed by atoms with van der Waals surface area (Å²) in [4.78, 5) is 0. The first kappa shape index (κ1) is 8.73. The van der Waals surface area contributed by atoms with Gasteiger partial charge in [-0.3, -0.25) is 0 Å². The van der Waals surface area contributed by atoms with E-state index in [0.717, 1.165) is 6.42 Å². The van der Waals surface area contributed by atoms with E-state index in [9.17, 15) is 0 Å². The molecule has 0 amide bonds. The predicted molar refractivity (Wildman–Crippen MR) is 42.4 cm³/mol. The van der Waals surface area contributed by atoms with Crippen LogP contribution in [-0.2, 0) is 0 Å². The van der Waals surface area contributed by atoms with E-state index in [-0.39, 0.29) is 6.04 Å². The molecule has 0 aliphatic rings. The molecule has 0 bridgehead atoms. The van der Waals surface area contributed by atoms with Gasteiger partial charge < -0.3 is 5.73 Å². The van der Waals surface area contributed by atoms with Crippen molar-refractivity contribution >= 4 is 11.6 Å². The highest BCUT2D eigenvalue weighted by atomic mass is 35.5. The molecule has 0 heterocycles. The van der Waals surface area contributed by atoms with Crippen molar-refractivity contribution in [1.82, 2.24) is 0 Å². The highest BCUT2D eigenvalue weighted by Gasteiger charge is 1.92. The van der Waals surface area contributed by atoms with E-state index in [2.05, 4.69) is 6.58 Å². The number of nitrogens with two attached hydrogens (primary N) is 1. The Kier molecular flexibility index (Phi) is 4.46. The van der Waals surface area contributed by atoms with Gasteiger partial charge in [0.05, 0.1) is 0 Å². The molecule has 2 heteroatoms. The number of allylic oxidation sites excluding steroid dienone is 2. The summed E-state index contributed by atoms with van der Waals surface area (Å²) in [6, 6.07) is 0.0653. The van der Waals surface area contributed by atoms with Gasteiger partial charge in [-0.15, -0.1) is 0 Å². The molecular weight excluding hydrogens is 134 g/mol. The van der Waals surface area contributed by atoms with Crippen molar-refractivity contribution in [1.29, 1.82) is 0 Å². The summed E-state index contributed by atoms with van der Waals surface area (Å²) in [7, 11) is 0. The van der Waals surface area contributed by atoms with Crippen molar-refractivity contribution in [2.75, 3.05) is 0 Å². The molecule has 0 rings (SSSR count). The number of halogens is 1. The van der Waals surface area contributed by atoms with Crippen molar-refractivity contribution in [2.24, 2.45) is 5.73 Å². The van der Waals surface area contributed by atoms with Crippen molar-refractivity contribution in [3.63, 3.8) is 0 Å². The minimum absolute atomic E-state index is 0.0653. The smallest absolute Gasteiger partial charge is 0.0375 e. The van der Waals surface area contributed by atoms with Crippen molar-refractivity contribution in [3.05, 3.63) is 23.8 Å². The van der Waals surface area contributed by atoms with Crippen LogP contribution in [0.3, 0.4) is 0 Å². The maximum absolute atomic E-state index is 5.60. The van der Waals surface area contributed by atoms with Crippen molar-refractivity contribution in [3.8, 4) is 0 Å². The Morgan fingerprint density at radius 1 is 1.89 bits per heavy atom. The second-order valence-corrected chi connectivity index (χ2v) is 2.26. The second kappa shape index (κ2) is 4.59. The van der Waals surface area contributed by atoms with Gasteiger partial charge in [0.15, 0.2) is 0 Å². The van der Waals surface area contributed by atoms with Gasteiger partial charge in [-0.25, -0.2) is 0 Å². The van der Waals surface area contributed by atoms with Gasteiger partial charge in [0, 0.05) is 11.1 Å². The summed E-state index contributed by atoms with van der Waals surface area (Å²) in [5.74, 6) is 0. The lowest BCUT2D eigenvalue weighted by atomic mass is 10.2. The number of rotatable bonds is 3. The van der Waals surface area contributed by atoms with Crippen LogP contribution in [0.5, 0.6) is 0 Å². The molecule has 0 aromatic carbocycles. The van der Waals surface area contributed by atoms with Crippen LogP contribution in [0.25, 0.3) is 0 Å². The highest BCUT2D eigenvalue weighted by molar-refractivity contribution is 6.31. The van der Waals surface area contributed by atoms with Gasteiger partial charge in [-0.05, 0) is 12.5 Å². The van der Waals surface area contributed by atoms with E-state index in [1.165, 1.54) is 0 Å². The normalized spacial score (nSPS) is 15.2. The van der Waals surface area contributed by atoms with Crippen LogP contribution in [0.1, 0.15) is 13.3 Å². The average Bonchev–Trinajstić information content (AvgIpc) is 1.87. The fourth-order valence-corrected chi connectivity index (χ4v) is 0.552. The van der Waals surface area contributed by atoms with Gasteiger partial charge in [-0.1, -0.05) is 31.2 Å². The molecule has 0 aliphatic carbocycles. The molecule has 0 fully saturated rings. The molecule has 0 radical (unpaired) electrons. The van der Waals surface area contributed by atoms with E-state index >= 15 is 0 Å². The van der Waals surface area contributed by atoms with Gasteiger partial charge in [0.1, 0.15) is 0 Å². The van der Waals surface area contributed by atoms with Crippen LogP contribution in [0.4, 0.5) is 0 Å². The van der Waals surface area contributed by atoms with Crippen LogP contribution in [-0.4, -0.2) is 6.04 Å². The maximum Gasteiger partial charge on any atom is 0.0375 e. The summed E-state index contributed by atoms with van der Waals surface area (Å²) in [5, 5.41) is 0.629. The lowest BCUT2D eigenvalue weighted by Crippen LogP contribution is -2.14. The first-order valence-electron chi connectivity index (χ1n) is 2.96. The first-order valence-corrected chi connectivity index (χ1v) is 3.33. The molecular formula is C7H12ClN. The van der Waals surface area contributed by atoms with Gasteiger partial charge in [-0.2, -0.15) is 0 Å². The van der Waals surface area contributed by atoms with E-state index < -0.39 is 0 Å². The first-order chi connectivity index (χ1) is 4.20. The Balaban J connectivity index is 3.78. The van der Waals surface area contributed by atoms with Crippen LogP contribution >= 0.6 is 11.6 Å². The van der Waals surface area contributed by atoms with E-state index in [1.807, 2.05) is 6.92 Å². The van der Waals surface area contributed by atoms with E-state index in [1.54, 1.807) is 12.2 Å². The molecule has 1 atom stereocenters. The fraction of sp³-hybridized carbons (Fsp3) is 0.429. The number of hydrogen-bond donors (Lipinski definition) is 1. The zero-order chi connectivity index (χ0) is 7.28. The SMILES string of the molecule is C=C/C(Cl)=C\C(N)CC. The summed E-state index contributed by atoms with van der Waals surface area (Å²) in [6.07, 6.45) is 4.27. The molecule has 0 spiro atoms. The summed E-state index contributed by atoms with van der Waals surface area (Å²) in [6.45, 7) is 5.50.